The molecule has 0 spiro atoms. The summed E-state index contributed by atoms with van der Waals surface area (Å²) in [6, 6.07) is 0. The first-order valence-electron chi connectivity index (χ1n) is 2.73. The smallest absolute Gasteiger partial charge is 0.0939 e. The Balaban J connectivity index is 3.09. The van der Waals surface area contributed by atoms with Crippen LogP contribution in [0.5, 0.6) is 0 Å². The molecule has 0 amide bonds. The predicted molar refractivity (Wildman–Crippen MR) is 39.3 cm³/mol. The third kappa shape index (κ3) is 4.72. The second-order valence-corrected chi connectivity index (χ2v) is 2.11. The van der Waals surface area contributed by atoms with E-state index < -0.39 is 0 Å². The molecule has 0 aromatic heterocycles. The minimum Gasteiger partial charge on any atom is -0.378 e. The molecule has 0 heterocycles. The average molecular weight is 151 g/mol. The molecular weight excluding hydrogens is 138 g/mol. The highest BCUT2D eigenvalue weighted by atomic mass is 32.2. The van der Waals surface area contributed by atoms with Gasteiger partial charge in [-0.25, -0.2) is 0 Å². The van der Waals surface area contributed by atoms with Crippen molar-refractivity contribution in [1.82, 2.24) is 0 Å². The molecule has 0 aromatic carbocycles. The van der Waals surface area contributed by atoms with Gasteiger partial charge in [0.2, 0.25) is 0 Å². The van der Waals surface area contributed by atoms with Gasteiger partial charge in [-0.3, -0.25) is 0 Å². The van der Waals surface area contributed by atoms with Gasteiger partial charge in [-0.1, -0.05) is 0 Å². The van der Waals surface area contributed by atoms with E-state index in [0.29, 0.717) is 13.2 Å². The van der Waals surface area contributed by atoms with Crippen molar-refractivity contribution in [2.24, 2.45) is 5.73 Å². The van der Waals surface area contributed by atoms with Gasteiger partial charge < -0.3 is 14.7 Å². The zero-order valence-corrected chi connectivity index (χ0v) is 6.61. The van der Waals surface area contributed by atoms with Crippen molar-refractivity contribution >= 4 is 12.0 Å². The van der Waals surface area contributed by atoms with Gasteiger partial charge in [0.1, 0.15) is 0 Å². The number of ether oxygens (including phenoxy) is 1. The van der Waals surface area contributed by atoms with Crippen molar-refractivity contribution < 1.29 is 8.92 Å². The van der Waals surface area contributed by atoms with Gasteiger partial charge >= 0.3 is 0 Å². The van der Waals surface area contributed by atoms with E-state index in [2.05, 4.69) is 0 Å². The van der Waals surface area contributed by atoms with Crippen LogP contribution >= 0.6 is 12.0 Å². The van der Waals surface area contributed by atoms with Crippen molar-refractivity contribution in [3.63, 3.8) is 0 Å². The van der Waals surface area contributed by atoms with E-state index in [0.717, 1.165) is 0 Å². The molecular formula is C5H13NO2S. The standard InChI is InChI=1S/C5H13NO2S/c1-7-5(3-6)4-8-9-2/h5H,3-4,6H2,1-2H3. The lowest BCUT2D eigenvalue weighted by atomic mass is 10.4. The molecule has 0 saturated carbocycles. The van der Waals surface area contributed by atoms with E-state index in [1.165, 1.54) is 12.0 Å². The summed E-state index contributed by atoms with van der Waals surface area (Å²) >= 11 is 1.33. The van der Waals surface area contributed by atoms with Crippen LogP contribution in [-0.4, -0.2) is 32.6 Å². The summed E-state index contributed by atoms with van der Waals surface area (Å²) in [4.78, 5) is 0. The van der Waals surface area contributed by atoms with Crippen molar-refractivity contribution in [3.8, 4) is 0 Å². The second-order valence-electron chi connectivity index (χ2n) is 1.54. The first-order chi connectivity index (χ1) is 4.35. The number of nitrogens with two attached hydrogens (primary N) is 1. The number of methoxy groups -OCH3 is 1. The van der Waals surface area contributed by atoms with Gasteiger partial charge in [-0.05, 0) is 12.0 Å². The van der Waals surface area contributed by atoms with Crippen LogP contribution in [0.4, 0.5) is 0 Å². The Labute approximate surface area is 60.1 Å². The van der Waals surface area contributed by atoms with Crippen LogP contribution in [0.25, 0.3) is 0 Å². The zero-order chi connectivity index (χ0) is 7.11. The van der Waals surface area contributed by atoms with Crippen LogP contribution in [0.2, 0.25) is 0 Å². The van der Waals surface area contributed by atoms with E-state index in [-0.39, 0.29) is 6.10 Å². The lowest BCUT2D eigenvalue weighted by Gasteiger charge is -2.10. The summed E-state index contributed by atoms with van der Waals surface area (Å²) in [6.07, 6.45) is 1.90. The van der Waals surface area contributed by atoms with Crippen LogP contribution in [0, 0.1) is 0 Å². The van der Waals surface area contributed by atoms with Crippen molar-refractivity contribution in [2.75, 3.05) is 26.5 Å². The molecule has 9 heavy (non-hydrogen) atoms. The fourth-order valence-electron chi connectivity index (χ4n) is 0.376. The van der Waals surface area contributed by atoms with Crippen molar-refractivity contribution in [1.29, 1.82) is 0 Å². The molecule has 0 fully saturated rings. The fraction of sp³-hybridized carbons (Fsp3) is 1.00. The van der Waals surface area contributed by atoms with Crippen molar-refractivity contribution in [3.05, 3.63) is 0 Å². The maximum absolute atomic E-state index is 5.31. The molecule has 2 N–H and O–H groups in total. The minimum absolute atomic E-state index is 0.0393. The van der Waals surface area contributed by atoms with E-state index in [1.54, 1.807) is 7.11 Å². The largest absolute Gasteiger partial charge is 0.378 e. The normalized spacial score (nSPS) is 13.7. The van der Waals surface area contributed by atoms with Crippen LogP contribution in [0.15, 0.2) is 0 Å². The Kier molecular flexibility index (Phi) is 6.51. The Hall–Kier alpha value is 0.230. The highest BCUT2D eigenvalue weighted by Gasteiger charge is 2.02. The molecule has 0 bridgehead atoms. The van der Waals surface area contributed by atoms with Gasteiger partial charge in [0.25, 0.3) is 0 Å². The summed E-state index contributed by atoms with van der Waals surface area (Å²) in [5, 5.41) is 0. The molecule has 1 unspecified atom stereocenters. The molecule has 0 aliphatic carbocycles. The Morgan fingerprint density at radius 3 is 2.67 bits per heavy atom. The first kappa shape index (κ1) is 9.23. The monoisotopic (exact) mass is 151 g/mol. The maximum atomic E-state index is 5.31. The summed E-state index contributed by atoms with van der Waals surface area (Å²) in [5.74, 6) is 0. The minimum atomic E-state index is 0.0393. The van der Waals surface area contributed by atoms with Gasteiger partial charge in [0.05, 0.1) is 12.7 Å². The van der Waals surface area contributed by atoms with E-state index >= 15 is 0 Å². The Morgan fingerprint density at radius 2 is 2.33 bits per heavy atom. The molecule has 0 rings (SSSR count). The molecule has 0 aromatic rings. The zero-order valence-electron chi connectivity index (χ0n) is 5.79. The summed E-state index contributed by atoms with van der Waals surface area (Å²) < 4.78 is 9.93. The van der Waals surface area contributed by atoms with Crippen LogP contribution in [0.1, 0.15) is 0 Å². The highest BCUT2D eigenvalue weighted by molar-refractivity contribution is 7.93. The number of hydrogen-bond donors (Lipinski definition) is 1. The molecule has 0 radical (unpaired) electrons. The molecule has 56 valence electrons. The maximum Gasteiger partial charge on any atom is 0.0939 e. The Bertz CT molecular complexity index is 58.9. The molecule has 0 saturated heterocycles. The van der Waals surface area contributed by atoms with Gasteiger partial charge in [0.15, 0.2) is 0 Å². The number of hydrogen-bond acceptors (Lipinski definition) is 4. The molecule has 3 nitrogen and oxygen atoms in total. The van der Waals surface area contributed by atoms with Crippen LogP contribution < -0.4 is 5.73 Å². The molecule has 0 aliphatic heterocycles. The summed E-state index contributed by atoms with van der Waals surface area (Å²) in [6.45, 7) is 1.07. The van der Waals surface area contributed by atoms with Gasteiger partial charge in [0, 0.05) is 19.9 Å². The van der Waals surface area contributed by atoms with E-state index in [9.17, 15) is 0 Å². The SMILES string of the molecule is COC(CN)COSC. The van der Waals surface area contributed by atoms with Crippen LogP contribution in [-0.2, 0) is 8.92 Å². The lowest BCUT2D eigenvalue weighted by Crippen LogP contribution is -2.26. The topological polar surface area (TPSA) is 44.5 Å². The highest BCUT2D eigenvalue weighted by Crippen LogP contribution is 1.97. The lowest BCUT2D eigenvalue weighted by molar-refractivity contribution is 0.0718. The summed E-state index contributed by atoms with van der Waals surface area (Å²) in [7, 11) is 1.63. The quantitative estimate of drug-likeness (QED) is 0.572. The number of rotatable bonds is 5. The van der Waals surface area contributed by atoms with Crippen LogP contribution in [0.3, 0.4) is 0 Å². The average Bonchev–Trinajstić information content (AvgIpc) is 1.91. The van der Waals surface area contributed by atoms with Gasteiger partial charge in [-0.2, -0.15) is 0 Å². The molecule has 1 atom stereocenters. The predicted octanol–water partition coefficient (Wildman–Crippen LogP) is 0.255. The summed E-state index contributed by atoms with van der Waals surface area (Å²) in [5.41, 5.74) is 5.31. The third-order valence-electron chi connectivity index (χ3n) is 0.968. The van der Waals surface area contributed by atoms with Gasteiger partial charge in [-0.15, -0.1) is 0 Å². The third-order valence-corrected chi connectivity index (χ3v) is 1.34. The van der Waals surface area contributed by atoms with E-state index in [4.69, 9.17) is 14.7 Å². The second kappa shape index (κ2) is 6.35. The fourth-order valence-corrected chi connectivity index (χ4v) is 0.664. The van der Waals surface area contributed by atoms with Crippen molar-refractivity contribution in [2.45, 2.75) is 6.10 Å². The molecule has 0 aliphatic rings. The van der Waals surface area contributed by atoms with E-state index in [1.807, 2.05) is 6.26 Å². The Morgan fingerprint density at radius 1 is 1.67 bits per heavy atom. The molecule has 4 heteroatoms. The first-order valence-corrected chi connectivity index (χ1v) is 3.88.